The molecule has 0 spiro atoms. The molecule has 7 nitrogen and oxygen atoms in total. The van der Waals surface area contributed by atoms with Gasteiger partial charge in [0.2, 0.25) is 5.91 Å². The van der Waals surface area contributed by atoms with Crippen molar-refractivity contribution in [2.45, 2.75) is 6.54 Å². The van der Waals surface area contributed by atoms with Crippen molar-refractivity contribution in [3.63, 3.8) is 0 Å². The predicted octanol–water partition coefficient (Wildman–Crippen LogP) is 4.78. The number of carbonyl (C=O) groups is 2. The Bertz CT molecular complexity index is 1390. The molecule has 0 atom stereocenters. The van der Waals surface area contributed by atoms with Gasteiger partial charge in [0.05, 0.1) is 22.7 Å². The number of benzene rings is 3. The number of ketones is 1. The van der Waals surface area contributed by atoms with E-state index < -0.39 is 17.4 Å². The molecular weight excluding hydrogens is 455 g/mol. The van der Waals surface area contributed by atoms with E-state index in [2.05, 4.69) is 5.32 Å². The molecule has 0 radical (unpaired) electrons. The fourth-order valence-electron chi connectivity index (χ4n) is 3.22. The minimum atomic E-state index is -0.747. The van der Waals surface area contributed by atoms with Gasteiger partial charge in [0, 0.05) is 16.8 Å². The second-order valence-corrected chi connectivity index (χ2v) is 7.65. The number of fused-ring (bicyclic) bond motifs is 1. The molecule has 9 heteroatoms. The van der Waals surface area contributed by atoms with Crippen LogP contribution in [-0.4, -0.2) is 23.4 Å². The number of amides is 1. The number of ether oxygens (including phenoxy) is 1. The standard InChI is InChI=1S/C23H16Cl2N2O5/c1-31-14-8-6-13(7-9-14)26-21(28)12-27-19-11-18(25)16(10-20(19)32-23(27)30)22(29)15-4-2-3-5-17(15)24/h2-11H,12H2,1H3,(H,26,28). The summed E-state index contributed by atoms with van der Waals surface area (Å²) >= 11 is 12.5. The number of oxazole rings is 1. The monoisotopic (exact) mass is 470 g/mol. The highest BCUT2D eigenvalue weighted by molar-refractivity contribution is 6.38. The first-order valence-corrected chi connectivity index (χ1v) is 10.2. The molecule has 0 unspecified atom stereocenters. The number of methoxy groups -OCH3 is 1. The maximum absolute atomic E-state index is 12.9. The summed E-state index contributed by atoms with van der Waals surface area (Å²) in [6, 6.07) is 16.1. The van der Waals surface area contributed by atoms with E-state index in [4.69, 9.17) is 32.4 Å². The molecule has 1 heterocycles. The van der Waals surface area contributed by atoms with Crippen LogP contribution in [-0.2, 0) is 11.3 Å². The molecule has 0 saturated carbocycles. The van der Waals surface area contributed by atoms with Crippen molar-refractivity contribution >= 4 is 51.7 Å². The second-order valence-electron chi connectivity index (χ2n) is 6.84. The number of carbonyl (C=O) groups excluding carboxylic acids is 2. The second kappa shape index (κ2) is 8.90. The molecule has 0 aliphatic carbocycles. The first-order chi connectivity index (χ1) is 15.4. The van der Waals surface area contributed by atoms with Gasteiger partial charge in [-0.05, 0) is 48.5 Å². The molecule has 0 saturated heterocycles. The Hall–Kier alpha value is -3.55. The molecule has 0 aliphatic rings. The largest absolute Gasteiger partial charge is 0.497 e. The number of anilines is 1. The zero-order chi connectivity index (χ0) is 22.8. The van der Waals surface area contributed by atoms with Crippen LogP contribution in [0.2, 0.25) is 10.0 Å². The normalized spacial score (nSPS) is 10.8. The number of hydrogen-bond donors (Lipinski definition) is 1. The Labute approximate surface area is 192 Å². The van der Waals surface area contributed by atoms with Crippen molar-refractivity contribution in [2.24, 2.45) is 0 Å². The van der Waals surface area contributed by atoms with E-state index in [0.717, 1.165) is 4.57 Å². The summed E-state index contributed by atoms with van der Waals surface area (Å²) in [4.78, 5) is 37.7. The Kier molecular flexibility index (Phi) is 6.03. The molecule has 1 amide bonds. The minimum absolute atomic E-state index is 0.104. The van der Waals surface area contributed by atoms with Crippen molar-refractivity contribution in [1.82, 2.24) is 4.57 Å². The maximum atomic E-state index is 12.9. The van der Waals surface area contributed by atoms with Gasteiger partial charge in [0.1, 0.15) is 12.3 Å². The number of rotatable bonds is 6. The van der Waals surface area contributed by atoms with Gasteiger partial charge in [-0.2, -0.15) is 0 Å². The third-order valence-electron chi connectivity index (χ3n) is 4.80. The molecule has 3 aromatic carbocycles. The predicted molar refractivity (Wildman–Crippen MR) is 122 cm³/mol. The number of nitrogens with zero attached hydrogens (tertiary/aromatic N) is 1. The van der Waals surface area contributed by atoms with Crippen LogP contribution >= 0.6 is 23.2 Å². The van der Waals surface area contributed by atoms with Gasteiger partial charge >= 0.3 is 5.76 Å². The summed E-state index contributed by atoms with van der Waals surface area (Å²) in [5, 5.41) is 3.08. The van der Waals surface area contributed by atoms with Gasteiger partial charge in [-0.15, -0.1) is 0 Å². The van der Waals surface area contributed by atoms with Crippen molar-refractivity contribution in [2.75, 3.05) is 12.4 Å². The summed E-state index contributed by atoms with van der Waals surface area (Å²) < 4.78 is 11.5. The summed E-state index contributed by atoms with van der Waals surface area (Å²) in [5.41, 5.74) is 1.38. The van der Waals surface area contributed by atoms with Gasteiger partial charge in [0.15, 0.2) is 11.4 Å². The van der Waals surface area contributed by atoms with Crippen molar-refractivity contribution in [3.05, 3.63) is 92.4 Å². The highest BCUT2D eigenvalue weighted by atomic mass is 35.5. The van der Waals surface area contributed by atoms with Gasteiger partial charge in [0.25, 0.3) is 0 Å². The van der Waals surface area contributed by atoms with E-state index in [1.165, 1.54) is 12.1 Å². The highest BCUT2D eigenvalue weighted by Gasteiger charge is 2.20. The van der Waals surface area contributed by atoms with Crippen molar-refractivity contribution < 1.29 is 18.7 Å². The fourth-order valence-corrected chi connectivity index (χ4v) is 3.68. The average molecular weight is 471 g/mol. The zero-order valence-electron chi connectivity index (χ0n) is 16.7. The van der Waals surface area contributed by atoms with Crippen LogP contribution in [0.25, 0.3) is 11.1 Å². The SMILES string of the molecule is COc1ccc(NC(=O)Cn2c(=O)oc3cc(C(=O)c4ccccc4Cl)c(Cl)cc32)cc1. The van der Waals surface area contributed by atoms with Crippen LogP contribution in [0.5, 0.6) is 5.75 Å². The topological polar surface area (TPSA) is 90.5 Å². The molecular formula is C23H16Cl2N2O5. The Morgan fingerprint density at radius 3 is 2.41 bits per heavy atom. The average Bonchev–Trinajstić information content (AvgIpc) is 3.07. The lowest BCUT2D eigenvalue weighted by Crippen LogP contribution is -2.24. The number of hydrogen-bond acceptors (Lipinski definition) is 5. The lowest BCUT2D eigenvalue weighted by Gasteiger charge is -2.08. The third kappa shape index (κ3) is 4.26. The summed E-state index contributed by atoms with van der Waals surface area (Å²) in [6.45, 7) is -0.300. The van der Waals surface area contributed by atoms with Crippen LogP contribution in [0.3, 0.4) is 0 Å². The molecule has 4 aromatic rings. The lowest BCUT2D eigenvalue weighted by atomic mass is 10.0. The Morgan fingerprint density at radius 1 is 1.00 bits per heavy atom. The first-order valence-electron chi connectivity index (χ1n) is 9.43. The van der Waals surface area contributed by atoms with Crippen LogP contribution in [0, 0.1) is 0 Å². The zero-order valence-corrected chi connectivity index (χ0v) is 18.2. The number of halogens is 2. The van der Waals surface area contributed by atoms with Gasteiger partial charge in [-0.3, -0.25) is 14.2 Å². The number of aromatic nitrogens is 1. The van der Waals surface area contributed by atoms with Crippen LogP contribution in [0.1, 0.15) is 15.9 Å². The molecule has 0 fully saturated rings. The molecule has 162 valence electrons. The molecule has 32 heavy (non-hydrogen) atoms. The van der Waals surface area contributed by atoms with E-state index in [1.807, 2.05) is 0 Å². The number of nitrogens with one attached hydrogen (secondary N) is 1. The lowest BCUT2D eigenvalue weighted by molar-refractivity contribution is -0.116. The van der Waals surface area contributed by atoms with Gasteiger partial charge in [-0.25, -0.2) is 4.79 Å². The van der Waals surface area contributed by atoms with E-state index in [0.29, 0.717) is 17.0 Å². The fraction of sp³-hybridized carbons (Fsp3) is 0.0870. The van der Waals surface area contributed by atoms with E-state index in [9.17, 15) is 14.4 Å². The minimum Gasteiger partial charge on any atom is -0.497 e. The van der Waals surface area contributed by atoms with Crippen molar-refractivity contribution in [3.8, 4) is 5.75 Å². The molecule has 1 N–H and O–H groups in total. The first kappa shape index (κ1) is 21.7. The van der Waals surface area contributed by atoms with Gasteiger partial charge < -0.3 is 14.5 Å². The maximum Gasteiger partial charge on any atom is 0.420 e. The van der Waals surface area contributed by atoms with E-state index in [-0.39, 0.29) is 33.3 Å². The van der Waals surface area contributed by atoms with E-state index >= 15 is 0 Å². The quantitative estimate of drug-likeness (QED) is 0.409. The van der Waals surface area contributed by atoms with Crippen molar-refractivity contribution in [1.29, 1.82) is 0 Å². The molecule has 4 rings (SSSR count). The summed E-state index contributed by atoms with van der Waals surface area (Å²) in [5.74, 6) is -0.942. The molecule has 0 aliphatic heterocycles. The Morgan fingerprint density at radius 2 is 1.72 bits per heavy atom. The summed E-state index contributed by atoms with van der Waals surface area (Å²) in [7, 11) is 1.54. The smallest absolute Gasteiger partial charge is 0.420 e. The van der Waals surface area contributed by atoms with Crippen LogP contribution < -0.4 is 15.8 Å². The molecule has 1 aromatic heterocycles. The Balaban J connectivity index is 1.62. The molecule has 0 bridgehead atoms. The van der Waals surface area contributed by atoms with Crippen LogP contribution in [0.4, 0.5) is 5.69 Å². The third-order valence-corrected chi connectivity index (χ3v) is 5.44. The summed E-state index contributed by atoms with van der Waals surface area (Å²) in [6.07, 6.45) is 0. The van der Waals surface area contributed by atoms with Gasteiger partial charge in [-0.1, -0.05) is 35.3 Å². The van der Waals surface area contributed by atoms with E-state index in [1.54, 1.807) is 55.6 Å². The highest BCUT2D eigenvalue weighted by Crippen LogP contribution is 2.28. The van der Waals surface area contributed by atoms with Crippen LogP contribution in [0.15, 0.2) is 69.9 Å².